The Morgan fingerprint density at radius 2 is 1.54 bits per heavy atom. The molecule has 0 N–H and O–H groups in total. The number of halogens is 1. The lowest BCUT2D eigenvalue weighted by Crippen LogP contribution is -2.06. The zero-order valence-corrected chi connectivity index (χ0v) is 16.9. The van der Waals surface area contributed by atoms with E-state index in [1.165, 1.54) is 0 Å². The number of fused-ring (bicyclic) bond motifs is 1. The summed E-state index contributed by atoms with van der Waals surface area (Å²) < 4.78 is 17.3. The smallest absolute Gasteiger partial charge is 0.344 e. The van der Waals surface area contributed by atoms with Crippen LogP contribution in [0.5, 0.6) is 11.5 Å². The summed E-state index contributed by atoms with van der Waals surface area (Å²) in [6.07, 6.45) is 0. The first-order valence-corrected chi connectivity index (χ1v) is 9.46. The Kier molecular flexibility index (Phi) is 4.92. The molecule has 0 amide bonds. The van der Waals surface area contributed by atoms with Crippen molar-refractivity contribution in [2.45, 2.75) is 0 Å². The molecule has 1 aromatic heterocycles. The SMILES string of the molecule is COc1ccc(-c2c(-c3ccccc3)c3cc(Br)ccc3oc2=O)cc1OC. The number of hydrogen-bond acceptors (Lipinski definition) is 4. The minimum Gasteiger partial charge on any atom is -0.493 e. The van der Waals surface area contributed by atoms with E-state index in [-0.39, 0.29) is 0 Å². The van der Waals surface area contributed by atoms with E-state index in [2.05, 4.69) is 15.9 Å². The monoisotopic (exact) mass is 436 g/mol. The van der Waals surface area contributed by atoms with Crippen LogP contribution in [0.1, 0.15) is 0 Å². The third-order valence-electron chi connectivity index (χ3n) is 4.60. The van der Waals surface area contributed by atoms with E-state index in [0.717, 1.165) is 21.0 Å². The molecule has 0 radical (unpaired) electrons. The number of hydrogen-bond donors (Lipinski definition) is 0. The third-order valence-corrected chi connectivity index (χ3v) is 5.10. The van der Waals surface area contributed by atoms with Crippen molar-refractivity contribution in [1.82, 2.24) is 0 Å². The summed E-state index contributed by atoms with van der Waals surface area (Å²) in [5.41, 5.74) is 3.07. The van der Waals surface area contributed by atoms with Crippen molar-refractivity contribution in [3.63, 3.8) is 0 Å². The van der Waals surface area contributed by atoms with Gasteiger partial charge in [0.2, 0.25) is 0 Å². The van der Waals surface area contributed by atoms with Gasteiger partial charge < -0.3 is 13.9 Å². The number of methoxy groups -OCH3 is 2. The summed E-state index contributed by atoms with van der Waals surface area (Å²) >= 11 is 3.52. The van der Waals surface area contributed by atoms with Crippen molar-refractivity contribution in [3.05, 3.63) is 81.6 Å². The van der Waals surface area contributed by atoms with Crippen LogP contribution in [-0.2, 0) is 0 Å². The molecule has 28 heavy (non-hydrogen) atoms. The minimum atomic E-state index is -0.402. The summed E-state index contributed by atoms with van der Waals surface area (Å²) in [7, 11) is 3.15. The molecule has 3 aromatic carbocycles. The van der Waals surface area contributed by atoms with Crippen LogP contribution in [-0.4, -0.2) is 14.2 Å². The minimum absolute atomic E-state index is 0.402. The predicted molar refractivity (Wildman–Crippen MR) is 114 cm³/mol. The lowest BCUT2D eigenvalue weighted by Gasteiger charge is -2.14. The summed E-state index contributed by atoms with van der Waals surface area (Å²) in [4.78, 5) is 13.0. The van der Waals surface area contributed by atoms with Crippen LogP contribution in [0.3, 0.4) is 0 Å². The first-order valence-electron chi connectivity index (χ1n) is 8.66. The third kappa shape index (κ3) is 3.18. The number of rotatable bonds is 4. The highest BCUT2D eigenvalue weighted by Gasteiger charge is 2.19. The topological polar surface area (TPSA) is 48.7 Å². The van der Waals surface area contributed by atoms with E-state index in [1.54, 1.807) is 32.4 Å². The van der Waals surface area contributed by atoms with Crippen molar-refractivity contribution in [2.75, 3.05) is 14.2 Å². The van der Waals surface area contributed by atoms with Crippen LogP contribution in [0, 0.1) is 0 Å². The van der Waals surface area contributed by atoms with Crippen molar-refractivity contribution in [3.8, 4) is 33.8 Å². The molecule has 0 bridgehead atoms. The van der Waals surface area contributed by atoms with E-state index in [1.807, 2.05) is 48.5 Å². The lowest BCUT2D eigenvalue weighted by atomic mass is 9.93. The fraction of sp³-hybridized carbons (Fsp3) is 0.0870. The lowest BCUT2D eigenvalue weighted by molar-refractivity contribution is 0.355. The van der Waals surface area contributed by atoms with Crippen LogP contribution >= 0.6 is 15.9 Å². The van der Waals surface area contributed by atoms with Gasteiger partial charge in [-0.05, 0) is 41.5 Å². The van der Waals surface area contributed by atoms with Gasteiger partial charge in [0.15, 0.2) is 11.5 Å². The summed E-state index contributed by atoms with van der Waals surface area (Å²) in [6, 6.07) is 20.9. The maximum atomic E-state index is 13.0. The molecule has 4 rings (SSSR count). The zero-order chi connectivity index (χ0) is 19.7. The van der Waals surface area contributed by atoms with Crippen LogP contribution in [0.4, 0.5) is 0 Å². The maximum Gasteiger partial charge on any atom is 0.344 e. The molecule has 0 aliphatic rings. The molecule has 0 unspecified atom stereocenters. The number of ether oxygens (including phenoxy) is 2. The van der Waals surface area contributed by atoms with Crippen molar-refractivity contribution in [2.24, 2.45) is 0 Å². The largest absolute Gasteiger partial charge is 0.493 e. The van der Waals surface area contributed by atoms with Crippen LogP contribution in [0.15, 0.2) is 80.4 Å². The molecule has 0 saturated carbocycles. The van der Waals surface area contributed by atoms with E-state index in [4.69, 9.17) is 13.9 Å². The predicted octanol–water partition coefficient (Wildman–Crippen LogP) is 5.91. The van der Waals surface area contributed by atoms with Gasteiger partial charge in [-0.1, -0.05) is 52.3 Å². The second-order valence-corrected chi connectivity index (χ2v) is 7.13. The number of benzene rings is 3. The van der Waals surface area contributed by atoms with Crippen LogP contribution in [0.25, 0.3) is 33.2 Å². The fourth-order valence-electron chi connectivity index (χ4n) is 3.33. The fourth-order valence-corrected chi connectivity index (χ4v) is 3.69. The molecule has 0 aliphatic heterocycles. The van der Waals surface area contributed by atoms with Gasteiger partial charge in [-0.3, -0.25) is 0 Å². The highest BCUT2D eigenvalue weighted by Crippen LogP contribution is 2.39. The molecule has 0 fully saturated rings. The Morgan fingerprint density at radius 1 is 0.786 bits per heavy atom. The Morgan fingerprint density at radius 3 is 2.25 bits per heavy atom. The van der Waals surface area contributed by atoms with E-state index in [0.29, 0.717) is 28.2 Å². The molecule has 0 spiro atoms. The first kappa shape index (κ1) is 18.3. The maximum absolute atomic E-state index is 13.0. The molecule has 4 nitrogen and oxygen atoms in total. The first-order chi connectivity index (χ1) is 13.6. The zero-order valence-electron chi connectivity index (χ0n) is 15.4. The van der Waals surface area contributed by atoms with Gasteiger partial charge in [0.25, 0.3) is 0 Å². The van der Waals surface area contributed by atoms with Crippen LogP contribution < -0.4 is 15.1 Å². The van der Waals surface area contributed by atoms with Crippen LogP contribution in [0.2, 0.25) is 0 Å². The second-order valence-electron chi connectivity index (χ2n) is 6.22. The van der Waals surface area contributed by atoms with Crippen molar-refractivity contribution >= 4 is 26.9 Å². The molecule has 1 heterocycles. The normalized spacial score (nSPS) is 10.8. The summed E-state index contributed by atoms with van der Waals surface area (Å²) in [5, 5.41) is 0.852. The summed E-state index contributed by atoms with van der Waals surface area (Å²) in [6.45, 7) is 0. The molecular formula is C23H17BrO4. The quantitative estimate of drug-likeness (QED) is 0.373. The van der Waals surface area contributed by atoms with E-state index in [9.17, 15) is 4.79 Å². The molecule has 0 saturated heterocycles. The highest BCUT2D eigenvalue weighted by atomic mass is 79.9. The second kappa shape index (κ2) is 7.52. The Bertz CT molecular complexity index is 1210. The van der Waals surface area contributed by atoms with Gasteiger partial charge in [0.1, 0.15) is 5.58 Å². The van der Waals surface area contributed by atoms with Gasteiger partial charge >= 0.3 is 5.63 Å². The molecule has 140 valence electrons. The van der Waals surface area contributed by atoms with E-state index >= 15 is 0 Å². The highest BCUT2D eigenvalue weighted by molar-refractivity contribution is 9.10. The van der Waals surface area contributed by atoms with Gasteiger partial charge in [0, 0.05) is 15.4 Å². The Labute approximate surface area is 170 Å². The molecule has 0 atom stereocenters. The standard InChI is InChI=1S/C23H17BrO4/c1-26-19-10-8-15(12-20(19)27-2)22-21(14-6-4-3-5-7-14)17-13-16(24)9-11-18(17)28-23(22)25/h3-13H,1-2H3. The molecule has 5 heteroatoms. The average molecular weight is 437 g/mol. The average Bonchev–Trinajstić information content (AvgIpc) is 2.73. The van der Waals surface area contributed by atoms with Crippen molar-refractivity contribution in [1.29, 1.82) is 0 Å². The van der Waals surface area contributed by atoms with Gasteiger partial charge in [-0.15, -0.1) is 0 Å². The van der Waals surface area contributed by atoms with E-state index < -0.39 is 5.63 Å². The summed E-state index contributed by atoms with van der Waals surface area (Å²) in [5.74, 6) is 1.15. The Balaban J connectivity index is 2.12. The van der Waals surface area contributed by atoms with Gasteiger partial charge in [0.05, 0.1) is 19.8 Å². The molecule has 0 aliphatic carbocycles. The van der Waals surface area contributed by atoms with Gasteiger partial charge in [-0.2, -0.15) is 0 Å². The molecular weight excluding hydrogens is 420 g/mol. The Hall–Kier alpha value is -3.05. The van der Waals surface area contributed by atoms with Gasteiger partial charge in [-0.25, -0.2) is 4.79 Å². The van der Waals surface area contributed by atoms with Crippen molar-refractivity contribution < 1.29 is 13.9 Å². The molecule has 4 aromatic rings.